The average molecular weight is 349 g/mol. The fourth-order valence-corrected chi connectivity index (χ4v) is 4.03. The van der Waals surface area contributed by atoms with Gasteiger partial charge in [0, 0.05) is 44.5 Å². The lowest BCUT2D eigenvalue weighted by atomic mass is 9.96. The highest BCUT2D eigenvalue weighted by molar-refractivity contribution is 5.74. The third-order valence-corrected chi connectivity index (χ3v) is 5.53. The molecule has 0 radical (unpaired) electrons. The van der Waals surface area contributed by atoms with Crippen molar-refractivity contribution in [3.05, 3.63) is 11.6 Å². The van der Waals surface area contributed by atoms with Crippen molar-refractivity contribution < 1.29 is 9.90 Å². The minimum atomic E-state index is -0.138. The molecule has 1 saturated carbocycles. The molecule has 25 heavy (non-hydrogen) atoms. The molecular weight excluding hydrogens is 318 g/mol. The Kier molecular flexibility index (Phi) is 6.67. The van der Waals surface area contributed by atoms with Crippen molar-refractivity contribution in [1.29, 1.82) is 0 Å². The van der Waals surface area contributed by atoms with Gasteiger partial charge in [0.2, 0.25) is 0 Å². The Balaban J connectivity index is 1.45. The SMILES string of the molecule is O=C(NCCc1nnc2n1CCCCC2)N[C@@H]1CCCCC[C@H]1CO. The van der Waals surface area contributed by atoms with E-state index in [1.54, 1.807) is 0 Å². The zero-order valence-corrected chi connectivity index (χ0v) is 15.0. The number of urea groups is 1. The Morgan fingerprint density at radius 3 is 2.84 bits per heavy atom. The first-order valence-corrected chi connectivity index (χ1v) is 9.84. The molecule has 2 atom stereocenters. The van der Waals surface area contributed by atoms with Gasteiger partial charge >= 0.3 is 6.03 Å². The van der Waals surface area contributed by atoms with E-state index in [4.69, 9.17) is 0 Å². The molecule has 0 bridgehead atoms. The summed E-state index contributed by atoms with van der Waals surface area (Å²) in [7, 11) is 0. The van der Waals surface area contributed by atoms with E-state index in [1.807, 2.05) is 0 Å². The molecule has 0 aromatic carbocycles. The molecule has 0 unspecified atom stereocenters. The summed E-state index contributed by atoms with van der Waals surface area (Å²) in [6.45, 7) is 1.70. The van der Waals surface area contributed by atoms with E-state index in [1.165, 1.54) is 25.7 Å². The normalized spacial score (nSPS) is 24.0. The van der Waals surface area contributed by atoms with Gasteiger partial charge in [0.05, 0.1) is 0 Å². The number of aliphatic hydroxyl groups is 1. The molecule has 3 rings (SSSR count). The average Bonchev–Trinajstić information content (AvgIpc) is 2.80. The topological polar surface area (TPSA) is 92.1 Å². The van der Waals surface area contributed by atoms with Crippen LogP contribution < -0.4 is 10.6 Å². The molecule has 2 aliphatic rings. The number of amides is 2. The monoisotopic (exact) mass is 349 g/mol. The van der Waals surface area contributed by atoms with E-state index in [9.17, 15) is 9.90 Å². The van der Waals surface area contributed by atoms with E-state index < -0.39 is 0 Å². The molecule has 3 N–H and O–H groups in total. The van der Waals surface area contributed by atoms with Crippen LogP contribution in [-0.2, 0) is 19.4 Å². The molecular formula is C18H31N5O2. The molecule has 1 aliphatic heterocycles. The van der Waals surface area contributed by atoms with Crippen molar-refractivity contribution in [2.45, 2.75) is 76.8 Å². The molecule has 2 amide bonds. The van der Waals surface area contributed by atoms with Crippen molar-refractivity contribution in [3.63, 3.8) is 0 Å². The first-order chi connectivity index (χ1) is 12.3. The number of aliphatic hydroxyl groups excluding tert-OH is 1. The second-order valence-corrected chi connectivity index (χ2v) is 7.33. The number of nitrogens with one attached hydrogen (secondary N) is 2. The van der Waals surface area contributed by atoms with Gasteiger partial charge in [0.1, 0.15) is 11.6 Å². The first kappa shape index (κ1) is 18.2. The minimum absolute atomic E-state index is 0.0804. The molecule has 1 aliphatic carbocycles. The number of nitrogens with zero attached hydrogens (tertiary/aromatic N) is 3. The fourth-order valence-electron chi connectivity index (χ4n) is 4.03. The summed E-state index contributed by atoms with van der Waals surface area (Å²) in [4.78, 5) is 12.2. The maximum absolute atomic E-state index is 12.2. The van der Waals surface area contributed by atoms with Crippen LogP contribution in [0.5, 0.6) is 0 Å². The number of fused-ring (bicyclic) bond motifs is 1. The van der Waals surface area contributed by atoms with Crippen LogP contribution in [-0.4, -0.2) is 45.1 Å². The van der Waals surface area contributed by atoms with Gasteiger partial charge in [-0.15, -0.1) is 10.2 Å². The van der Waals surface area contributed by atoms with Gasteiger partial charge in [-0.1, -0.05) is 25.7 Å². The largest absolute Gasteiger partial charge is 0.396 e. The van der Waals surface area contributed by atoms with Gasteiger partial charge in [-0.25, -0.2) is 4.79 Å². The second kappa shape index (κ2) is 9.17. The molecule has 7 heteroatoms. The number of rotatable bonds is 5. The maximum atomic E-state index is 12.2. The van der Waals surface area contributed by atoms with Gasteiger partial charge in [-0.3, -0.25) is 0 Å². The highest BCUT2D eigenvalue weighted by Gasteiger charge is 2.24. The van der Waals surface area contributed by atoms with Crippen LogP contribution in [0.1, 0.15) is 63.0 Å². The summed E-state index contributed by atoms with van der Waals surface area (Å²) in [6, 6.07) is -0.0576. The van der Waals surface area contributed by atoms with Crippen LogP contribution in [0.25, 0.3) is 0 Å². The number of aromatic nitrogens is 3. The zero-order chi connectivity index (χ0) is 17.5. The summed E-state index contributed by atoms with van der Waals surface area (Å²) >= 11 is 0. The Bertz CT molecular complexity index is 560. The summed E-state index contributed by atoms with van der Waals surface area (Å²) < 4.78 is 2.22. The van der Waals surface area contributed by atoms with Crippen LogP contribution in [0, 0.1) is 5.92 Å². The Morgan fingerprint density at radius 1 is 1.12 bits per heavy atom. The van der Waals surface area contributed by atoms with Crippen LogP contribution in [0.2, 0.25) is 0 Å². The standard InChI is InChI=1S/C18H31N5O2/c24-13-14-7-3-1-4-8-15(14)20-18(25)19-11-10-17-22-21-16-9-5-2-6-12-23(16)17/h14-15,24H,1-13H2,(H2,19,20,25)/t14-,15+/m0/s1. The molecule has 0 spiro atoms. The number of carbonyl (C=O) groups excluding carboxylic acids is 1. The van der Waals surface area contributed by atoms with Crippen molar-refractivity contribution in [1.82, 2.24) is 25.4 Å². The van der Waals surface area contributed by atoms with E-state index in [2.05, 4.69) is 25.4 Å². The second-order valence-electron chi connectivity index (χ2n) is 7.33. The Hall–Kier alpha value is -1.63. The van der Waals surface area contributed by atoms with E-state index in [0.29, 0.717) is 13.0 Å². The summed E-state index contributed by atoms with van der Waals surface area (Å²) in [5.74, 6) is 2.24. The molecule has 1 aromatic heterocycles. The van der Waals surface area contributed by atoms with E-state index in [-0.39, 0.29) is 24.6 Å². The Labute approximate surface area is 149 Å². The molecule has 7 nitrogen and oxygen atoms in total. The van der Waals surface area contributed by atoms with E-state index in [0.717, 1.165) is 50.3 Å². The zero-order valence-electron chi connectivity index (χ0n) is 15.0. The molecule has 140 valence electrons. The predicted molar refractivity (Wildman–Crippen MR) is 95.3 cm³/mol. The third kappa shape index (κ3) is 4.93. The summed E-state index contributed by atoms with van der Waals surface area (Å²) in [5.41, 5.74) is 0. The van der Waals surface area contributed by atoms with E-state index >= 15 is 0 Å². The predicted octanol–water partition coefficient (Wildman–Crippen LogP) is 1.79. The quantitative estimate of drug-likeness (QED) is 0.707. The van der Waals surface area contributed by atoms with Gasteiger partial charge in [0.15, 0.2) is 0 Å². The van der Waals surface area contributed by atoms with Crippen LogP contribution in [0.3, 0.4) is 0 Å². The van der Waals surface area contributed by atoms with Crippen LogP contribution >= 0.6 is 0 Å². The lowest BCUT2D eigenvalue weighted by Gasteiger charge is -2.24. The van der Waals surface area contributed by atoms with Gasteiger partial charge in [-0.2, -0.15) is 0 Å². The number of hydrogen-bond donors (Lipinski definition) is 3. The molecule has 2 heterocycles. The lowest BCUT2D eigenvalue weighted by Crippen LogP contribution is -2.46. The highest BCUT2D eigenvalue weighted by Crippen LogP contribution is 2.23. The van der Waals surface area contributed by atoms with Crippen molar-refractivity contribution in [2.75, 3.05) is 13.2 Å². The Morgan fingerprint density at radius 2 is 1.96 bits per heavy atom. The summed E-state index contributed by atoms with van der Waals surface area (Å²) in [6.07, 6.45) is 10.7. The van der Waals surface area contributed by atoms with Crippen LogP contribution in [0.4, 0.5) is 4.79 Å². The van der Waals surface area contributed by atoms with Crippen molar-refractivity contribution >= 4 is 6.03 Å². The van der Waals surface area contributed by atoms with Crippen LogP contribution in [0.15, 0.2) is 0 Å². The van der Waals surface area contributed by atoms with Gasteiger partial charge < -0.3 is 20.3 Å². The fraction of sp³-hybridized carbons (Fsp3) is 0.833. The van der Waals surface area contributed by atoms with Crippen molar-refractivity contribution in [3.8, 4) is 0 Å². The number of carbonyl (C=O) groups is 1. The number of hydrogen-bond acceptors (Lipinski definition) is 4. The molecule has 1 aromatic rings. The third-order valence-electron chi connectivity index (χ3n) is 5.53. The van der Waals surface area contributed by atoms with Gasteiger partial charge in [0.25, 0.3) is 0 Å². The smallest absolute Gasteiger partial charge is 0.315 e. The van der Waals surface area contributed by atoms with Crippen molar-refractivity contribution in [2.24, 2.45) is 5.92 Å². The van der Waals surface area contributed by atoms with Gasteiger partial charge in [-0.05, 0) is 25.7 Å². The highest BCUT2D eigenvalue weighted by atomic mass is 16.3. The lowest BCUT2D eigenvalue weighted by molar-refractivity contribution is 0.179. The number of aryl methyl sites for hydroxylation is 1. The summed E-state index contributed by atoms with van der Waals surface area (Å²) in [5, 5.41) is 24.1. The molecule has 1 fully saturated rings. The maximum Gasteiger partial charge on any atom is 0.315 e. The minimum Gasteiger partial charge on any atom is -0.396 e. The first-order valence-electron chi connectivity index (χ1n) is 9.84. The molecule has 0 saturated heterocycles.